The van der Waals surface area contributed by atoms with Gasteiger partial charge >= 0.3 is 11.9 Å². The number of carbonyl (C=O) groups is 2. The van der Waals surface area contributed by atoms with E-state index in [9.17, 15) is 14.7 Å². The highest BCUT2D eigenvalue weighted by Crippen LogP contribution is 2.25. The van der Waals surface area contributed by atoms with Crippen LogP contribution in [0, 0.1) is 11.8 Å². The lowest BCUT2D eigenvalue weighted by atomic mass is 9.85. The van der Waals surface area contributed by atoms with Gasteiger partial charge in [0.15, 0.2) is 0 Å². The zero-order valence-corrected chi connectivity index (χ0v) is 11.2. The highest BCUT2D eigenvalue weighted by molar-refractivity contribution is 5.81. The third kappa shape index (κ3) is 5.71. The van der Waals surface area contributed by atoms with Crippen LogP contribution in [0.1, 0.15) is 53.4 Å². The van der Waals surface area contributed by atoms with E-state index in [2.05, 4.69) is 0 Å². The van der Waals surface area contributed by atoms with Crippen LogP contribution in [0.2, 0.25) is 0 Å². The number of aliphatic carboxylic acids is 1. The zero-order chi connectivity index (χ0) is 13.4. The maximum absolute atomic E-state index is 11.9. The maximum Gasteiger partial charge on any atom is 0.310 e. The number of hydrogen-bond acceptors (Lipinski definition) is 3. The molecular weight excluding hydrogens is 220 g/mol. The Morgan fingerprint density at radius 2 is 1.53 bits per heavy atom. The predicted molar refractivity (Wildman–Crippen MR) is 65.7 cm³/mol. The Balaban J connectivity index is 4.77. The van der Waals surface area contributed by atoms with Crippen LogP contribution in [0.25, 0.3) is 0 Å². The second-order valence-corrected chi connectivity index (χ2v) is 4.61. The van der Waals surface area contributed by atoms with Gasteiger partial charge in [-0.3, -0.25) is 9.59 Å². The second-order valence-electron chi connectivity index (χ2n) is 4.61. The van der Waals surface area contributed by atoms with Gasteiger partial charge in [-0.1, -0.05) is 26.7 Å². The summed E-state index contributed by atoms with van der Waals surface area (Å²) in [5, 5.41) is 9.18. The highest BCUT2D eigenvalue weighted by Gasteiger charge is 2.33. The Morgan fingerprint density at radius 3 is 1.88 bits per heavy atom. The van der Waals surface area contributed by atoms with E-state index in [1.165, 1.54) is 0 Å². The van der Waals surface area contributed by atoms with E-state index in [1.807, 2.05) is 13.8 Å². The number of carbonyl (C=O) groups excluding carboxylic acids is 1. The molecule has 0 aliphatic rings. The van der Waals surface area contributed by atoms with Crippen LogP contribution in [-0.2, 0) is 14.3 Å². The van der Waals surface area contributed by atoms with Crippen LogP contribution in [0.3, 0.4) is 0 Å². The van der Waals surface area contributed by atoms with E-state index in [4.69, 9.17) is 4.74 Å². The van der Waals surface area contributed by atoms with Crippen molar-refractivity contribution in [1.29, 1.82) is 0 Å². The molecule has 1 N–H and O–H groups in total. The van der Waals surface area contributed by atoms with Crippen LogP contribution >= 0.6 is 0 Å². The third-order valence-corrected chi connectivity index (χ3v) is 2.66. The third-order valence-electron chi connectivity index (χ3n) is 2.66. The molecule has 2 unspecified atom stereocenters. The predicted octanol–water partition coefficient (Wildman–Crippen LogP) is 2.86. The summed E-state index contributed by atoms with van der Waals surface area (Å²) in [7, 11) is 0. The summed E-state index contributed by atoms with van der Waals surface area (Å²) < 4.78 is 5.14. The van der Waals surface area contributed by atoms with Crippen molar-refractivity contribution in [2.75, 3.05) is 0 Å². The molecule has 0 bridgehead atoms. The number of ether oxygens (including phenoxy) is 1. The van der Waals surface area contributed by atoms with Crippen LogP contribution in [-0.4, -0.2) is 23.1 Å². The van der Waals surface area contributed by atoms with E-state index < -0.39 is 17.8 Å². The van der Waals surface area contributed by atoms with Crippen molar-refractivity contribution in [3.05, 3.63) is 0 Å². The Morgan fingerprint density at radius 1 is 1.06 bits per heavy atom. The molecular formula is C13H24O4. The van der Waals surface area contributed by atoms with E-state index >= 15 is 0 Å². The largest absolute Gasteiger partial charge is 0.481 e. The minimum absolute atomic E-state index is 0.196. The lowest BCUT2D eigenvalue weighted by molar-refractivity contribution is -0.161. The summed E-state index contributed by atoms with van der Waals surface area (Å²) in [5.74, 6) is -2.40. The van der Waals surface area contributed by atoms with Gasteiger partial charge in [-0.2, -0.15) is 0 Å². The fourth-order valence-electron chi connectivity index (χ4n) is 1.92. The molecule has 0 amide bonds. The van der Waals surface area contributed by atoms with Gasteiger partial charge in [0.1, 0.15) is 0 Å². The fourth-order valence-corrected chi connectivity index (χ4v) is 1.92. The van der Waals surface area contributed by atoms with Crippen molar-refractivity contribution in [2.45, 2.75) is 59.5 Å². The van der Waals surface area contributed by atoms with Crippen molar-refractivity contribution in [2.24, 2.45) is 11.8 Å². The van der Waals surface area contributed by atoms with Gasteiger partial charge in [-0.15, -0.1) is 0 Å². The van der Waals surface area contributed by atoms with Crippen molar-refractivity contribution in [1.82, 2.24) is 0 Å². The Kier molecular flexibility index (Phi) is 7.59. The molecule has 0 fully saturated rings. The van der Waals surface area contributed by atoms with Gasteiger partial charge in [-0.25, -0.2) is 0 Å². The van der Waals surface area contributed by atoms with Gasteiger partial charge in [0, 0.05) is 0 Å². The first-order valence-electron chi connectivity index (χ1n) is 6.37. The van der Waals surface area contributed by atoms with Crippen molar-refractivity contribution < 1.29 is 19.4 Å². The van der Waals surface area contributed by atoms with Crippen molar-refractivity contribution in [3.63, 3.8) is 0 Å². The summed E-state index contributed by atoms with van der Waals surface area (Å²) in [4.78, 5) is 23.1. The molecule has 0 aliphatic carbocycles. The minimum atomic E-state index is -0.897. The molecule has 100 valence electrons. The van der Waals surface area contributed by atoms with Crippen LogP contribution < -0.4 is 0 Å². The highest BCUT2D eigenvalue weighted by atomic mass is 16.5. The lowest BCUT2D eigenvalue weighted by Gasteiger charge is -2.22. The molecule has 17 heavy (non-hydrogen) atoms. The molecule has 4 nitrogen and oxygen atoms in total. The number of hydrogen-bond donors (Lipinski definition) is 1. The molecule has 0 radical (unpaired) electrons. The van der Waals surface area contributed by atoms with Crippen LogP contribution in [0.15, 0.2) is 0 Å². The smallest absolute Gasteiger partial charge is 0.310 e. The second kappa shape index (κ2) is 8.09. The monoisotopic (exact) mass is 244 g/mol. The summed E-state index contributed by atoms with van der Waals surface area (Å²) in [6, 6.07) is 0. The quantitative estimate of drug-likeness (QED) is 0.667. The molecule has 2 atom stereocenters. The first kappa shape index (κ1) is 15.9. The van der Waals surface area contributed by atoms with Crippen molar-refractivity contribution in [3.8, 4) is 0 Å². The van der Waals surface area contributed by atoms with Crippen LogP contribution in [0.5, 0.6) is 0 Å². The average Bonchev–Trinajstić information content (AvgIpc) is 2.21. The minimum Gasteiger partial charge on any atom is -0.481 e. The molecule has 0 saturated carbocycles. The maximum atomic E-state index is 11.9. The standard InChI is InChI=1S/C13H24O4/c1-5-7-10(12(14)15)11(8-6-2)13(16)17-9(3)4/h9-11H,5-8H2,1-4H3,(H,14,15). The molecule has 0 saturated heterocycles. The first-order valence-corrected chi connectivity index (χ1v) is 6.37. The molecule has 0 aromatic heterocycles. The van der Waals surface area contributed by atoms with Gasteiger partial charge in [-0.05, 0) is 26.7 Å². The van der Waals surface area contributed by atoms with Crippen molar-refractivity contribution >= 4 is 11.9 Å². The number of rotatable bonds is 8. The molecule has 0 aliphatic heterocycles. The van der Waals surface area contributed by atoms with Gasteiger partial charge in [0.25, 0.3) is 0 Å². The number of esters is 1. The summed E-state index contributed by atoms with van der Waals surface area (Å²) >= 11 is 0. The fraction of sp³-hybridized carbons (Fsp3) is 0.846. The SMILES string of the molecule is CCCC(C(=O)O)C(CCC)C(=O)OC(C)C. The van der Waals surface area contributed by atoms with E-state index in [0.717, 1.165) is 12.8 Å². The zero-order valence-electron chi connectivity index (χ0n) is 11.2. The molecule has 0 aromatic rings. The van der Waals surface area contributed by atoms with Gasteiger partial charge in [0.05, 0.1) is 17.9 Å². The average molecular weight is 244 g/mol. The van der Waals surface area contributed by atoms with Gasteiger partial charge < -0.3 is 9.84 Å². The first-order chi connectivity index (χ1) is 7.93. The molecule has 0 rings (SSSR count). The molecule has 0 heterocycles. The summed E-state index contributed by atoms with van der Waals surface area (Å²) in [6.45, 7) is 7.42. The summed E-state index contributed by atoms with van der Waals surface area (Å²) in [5.41, 5.74) is 0. The lowest BCUT2D eigenvalue weighted by Crippen LogP contribution is -2.32. The molecule has 0 aromatic carbocycles. The van der Waals surface area contributed by atoms with E-state index in [1.54, 1.807) is 13.8 Å². The Labute approximate surface area is 103 Å². The summed E-state index contributed by atoms with van der Waals surface area (Å²) in [6.07, 6.45) is 2.44. The molecule has 0 spiro atoms. The van der Waals surface area contributed by atoms with E-state index in [-0.39, 0.29) is 12.1 Å². The normalized spacial score (nSPS) is 14.4. The molecule has 4 heteroatoms. The van der Waals surface area contributed by atoms with Gasteiger partial charge in [0.2, 0.25) is 0 Å². The number of carboxylic acids is 1. The number of carboxylic acid groups (broad SMARTS) is 1. The Hall–Kier alpha value is -1.06. The topological polar surface area (TPSA) is 63.6 Å². The van der Waals surface area contributed by atoms with E-state index in [0.29, 0.717) is 12.8 Å². The Bertz CT molecular complexity index is 248. The van der Waals surface area contributed by atoms with Crippen LogP contribution in [0.4, 0.5) is 0 Å².